The maximum Gasteiger partial charge on any atom is 0.112 e. The molecule has 3 nitrogen and oxygen atoms in total. The topological polar surface area (TPSA) is 40.7 Å². The summed E-state index contributed by atoms with van der Waals surface area (Å²) >= 11 is 0. The second-order valence-electron chi connectivity index (χ2n) is 5.27. The Kier molecular flexibility index (Phi) is 2.71. The molecular formula is C15H19N3. The minimum absolute atomic E-state index is 0.559. The molecule has 1 aliphatic heterocycles. The van der Waals surface area contributed by atoms with Crippen molar-refractivity contribution in [2.45, 2.75) is 26.7 Å². The lowest BCUT2D eigenvalue weighted by molar-refractivity contribution is 0.432. The third kappa shape index (κ3) is 1.85. The molecule has 2 aromatic rings. The highest BCUT2D eigenvalue weighted by Gasteiger charge is 2.23. The van der Waals surface area contributed by atoms with E-state index in [1.807, 2.05) is 0 Å². The third-order valence-corrected chi connectivity index (χ3v) is 3.71. The number of rotatable bonds is 2. The summed E-state index contributed by atoms with van der Waals surface area (Å²) in [6, 6.07) is 6.55. The fourth-order valence-corrected chi connectivity index (χ4v) is 2.50. The number of hydrogen-bond acceptors (Lipinski definition) is 2. The Morgan fingerprint density at radius 2 is 1.94 bits per heavy atom. The summed E-state index contributed by atoms with van der Waals surface area (Å²) in [4.78, 5) is 8.23. The first-order valence-electron chi connectivity index (χ1n) is 6.50. The van der Waals surface area contributed by atoms with Gasteiger partial charge in [-0.1, -0.05) is 23.8 Å². The Labute approximate surface area is 108 Å². The molecule has 0 saturated carbocycles. The number of aromatic amines is 1. The van der Waals surface area contributed by atoms with Crippen LogP contribution in [0.3, 0.4) is 0 Å². The molecule has 1 aromatic heterocycles. The lowest BCUT2D eigenvalue weighted by Gasteiger charge is -2.24. The van der Waals surface area contributed by atoms with E-state index in [2.05, 4.69) is 49.3 Å². The van der Waals surface area contributed by atoms with Crippen LogP contribution in [-0.2, 0) is 0 Å². The van der Waals surface area contributed by atoms with E-state index in [1.165, 1.54) is 22.4 Å². The number of hydrogen-bond donors (Lipinski definition) is 2. The highest BCUT2D eigenvalue weighted by atomic mass is 15.0. The molecule has 18 heavy (non-hydrogen) atoms. The van der Waals surface area contributed by atoms with E-state index in [9.17, 15) is 0 Å². The SMILES string of the molecule is Cc1ccc(-c2nc(C3CNC3)[nH]c2C)c(C)c1. The van der Waals surface area contributed by atoms with E-state index in [0.29, 0.717) is 5.92 Å². The maximum absolute atomic E-state index is 4.80. The van der Waals surface area contributed by atoms with Gasteiger partial charge in [-0.25, -0.2) is 4.98 Å². The smallest absolute Gasteiger partial charge is 0.112 e. The number of aromatic nitrogens is 2. The molecule has 1 aromatic carbocycles. The molecule has 1 fully saturated rings. The second kappa shape index (κ2) is 4.25. The van der Waals surface area contributed by atoms with E-state index >= 15 is 0 Å². The summed E-state index contributed by atoms with van der Waals surface area (Å²) in [5, 5.41) is 3.29. The van der Waals surface area contributed by atoms with E-state index in [1.54, 1.807) is 0 Å². The first-order chi connectivity index (χ1) is 8.65. The Hall–Kier alpha value is -1.61. The highest BCUT2D eigenvalue weighted by molar-refractivity contribution is 5.66. The Morgan fingerprint density at radius 1 is 1.17 bits per heavy atom. The van der Waals surface area contributed by atoms with Gasteiger partial charge >= 0.3 is 0 Å². The van der Waals surface area contributed by atoms with Crippen LogP contribution >= 0.6 is 0 Å². The molecule has 2 N–H and O–H groups in total. The molecule has 3 heteroatoms. The monoisotopic (exact) mass is 241 g/mol. The number of nitrogens with one attached hydrogen (secondary N) is 2. The quantitative estimate of drug-likeness (QED) is 0.848. The van der Waals surface area contributed by atoms with Crippen molar-refractivity contribution in [2.75, 3.05) is 13.1 Å². The summed E-state index contributed by atoms with van der Waals surface area (Å²) in [6.07, 6.45) is 0. The van der Waals surface area contributed by atoms with Crippen LogP contribution in [0, 0.1) is 20.8 Å². The zero-order chi connectivity index (χ0) is 12.7. The summed E-state index contributed by atoms with van der Waals surface area (Å²) in [6.45, 7) is 8.47. The van der Waals surface area contributed by atoms with Gasteiger partial charge in [-0.3, -0.25) is 0 Å². The van der Waals surface area contributed by atoms with Gasteiger partial charge in [-0.15, -0.1) is 0 Å². The van der Waals surface area contributed by atoms with Gasteiger partial charge in [0.1, 0.15) is 5.82 Å². The van der Waals surface area contributed by atoms with Gasteiger partial charge in [-0.2, -0.15) is 0 Å². The van der Waals surface area contributed by atoms with Gasteiger partial charge in [0.25, 0.3) is 0 Å². The molecule has 0 bridgehead atoms. The molecule has 1 saturated heterocycles. The van der Waals surface area contributed by atoms with Crippen molar-refractivity contribution in [3.05, 3.63) is 40.8 Å². The summed E-state index contributed by atoms with van der Waals surface area (Å²) in [5.41, 5.74) is 6.11. The first kappa shape index (κ1) is 11.5. The molecule has 2 heterocycles. The molecular weight excluding hydrogens is 222 g/mol. The summed E-state index contributed by atoms with van der Waals surface area (Å²) in [5.74, 6) is 1.68. The predicted molar refractivity (Wildman–Crippen MR) is 73.8 cm³/mol. The highest BCUT2D eigenvalue weighted by Crippen LogP contribution is 2.28. The van der Waals surface area contributed by atoms with Crippen molar-refractivity contribution in [3.63, 3.8) is 0 Å². The molecule has 0 aliphatic carbocycles. The van der Waals surface area contributed by atoms with E-state index in [4.69, 9.17) is 4.98 Å². The van der Waals surface area contributed by atoms with Crippen LogP contribution in [0.2, 0.25) is 0 Å². The molecule has 0 unspecified atom stereocenters. The van der Waals surface area contributed by atoms with Crippen LogP contribution in [0.15, 0.2) is 18.2 Å². The van der Waals surface area contributed by atoms with Crippen LogP contribution in [0.5, 0.6) is 0 Å². The maximum atomic E-state index is 4.80. The van der Waals surface area contributed by atoms with Crippen molar-refractivity contribution < 1.29 is 0 Å². The van der Waals surface area contributed by atoms with Crippen LogP contribution in [0.25, 0.3) is 11.3 Å². The Morgan fingerprint density at radius 3 is 2.56 bits per heavy atom. The van der Waals surface area contributed by atoms with Gasteiger partial charge in [0.2, 0.25) is 0 Å². The van der Waals surface area contributed by atoms with Crippen molar-refractivity contribution in [1.29, 1.82) is 0 Å². The summed E-state index contributed by atoms with van der Waals surface area (Å²) < 4.78 is 0. The number of nitrogens with zero attached hydrogens (tertiary/aromatic N) is 1. The molecule has 0 amide bonds. The van der Waals surface area contributed by atoms with E-state index < -0.39 is 0 Å². The second-order valence-corrected chi connectivity index (χ2v) is 5.27. The van der Waals surface area contributed by atoms with Crippen molar-refractivity contribution in [1.82, 2.24) is 15.3 Å². The van der Waals surface area contributed by atoms with Crippen molar-refractivity contribution in [2.24, 2.45) is 0 Å². The molecule has 0 spiro atoms. The summed E-state index contributed by atoms with van der Waals surface area (Å²) in [7, 11) is 0. The zero-order valence-corrected chi connectivity index (χ0v) is 11.2. The van der Waals surface area contributed by atoms with Gasteiger partial charge in [0.15, 0.2) is 0 Å². The van der Waals surface area contributed by atoms with E-state index in [-0.39, 0.29) is 0 Å². The number of benzene rings is 1. The van der Waals surface area contributed by atoms with Crippen LogP contribution in [-0.4, -0.2) is 23.1 Å². The Bertz CT molecular complexity index is 579. The minimum atomic E-state index is 0.559. The van der Waals surface area contributed by atoms with Crippen LogP contribution < -0.4 is 5.32 Å². The molecule has 1 aliphatic rings. The molecule has 3 rings (SSSR count). The minimum Gasteiger partial charge on any atom is -0.345 e. The van der Waals surface area contributed by atoms with Gasteiger partial charge in [-0.05, 0) is 26.3 Å². The average Bonchev–Trinajstić information content (AvgIpc) is 2.57. The number of H-pyrrole nitrogens is 1. The molecule has 0 atom stereocenters. The lowest BCUT2D eigenvalue weighted by Crippen LogP contribution is -2.40. The van der Waals surface area contributed by atoms with E-state index in [0.717, 1.165) is 24.6 Å². The average molecular weight is 241 g/mol. The fourth-order valence-electron chi connectivity index (χ4n) is 2.50. The number of aryl methyl sites for hydroxylation is 3. The first-order valence-corrected chi connectivity index (χ1v) is 6.50. The van der Waals surface area contributed by atoms with Crippen LogP contribution in [0.4, 0.5) is 0 Å². The van der Waals surface area contributed by atoms with Gasteiger partial charge < -0.3 is 10.3 Å². The van der Waals surface area contributed by atoms with Crippen LogP contribution in [0.1, 0.15) is 28.6 Å². The fraction of sp³-hybridized carbons (Fsp3) is 0.400. The molecule has 0 radical (unpaired) electrons. The van der Waals surface area contributed by atoms with Crippen molar-refractivity contribution >= 4 is 0 Å². The normalized spacial score (nSPS) is 15.7. The predicted octanol–water partition coefficient (Wildman–Crippen LogP) is 2.69. The lowest BCUT2D eigenvalue weighted by atomic mass is 10.0. The Balaban J connectivity index is 2.02. The largest absolute Gasteiger partial charge is 0.345 e. The number of imidazole rings is 1. The molecule has 94 valence electrons. The van der Waals surface area contributed by atoms with Gasteiger partial charge in [0.05, 0.1) is 5.69 Å². The van der Waals surface area contributed by atoms with Crippen molar-refractivity contribution in [3.8, 4) is 11.3 Å². The zero-order valence-electron chi connectivity index (χ0n) is 11.2. The third-order valence-electron chi connectivity index (χ3n) is 3.71. The van der Waals surface area contributed by atoms with Gasteiger partial charge in [0, 0.05) is 30.3 Å². The standard InChI is InChI=1S/C15H19N3/c1-9-4-5-13(10(2)6-9)14-11(3)17-15(18-14)12-7-16-8-12/h4-6,12,16H,7-8H2,1-3H3,(H,17,18).